The summed E-state index contributed by atoms with van der Waals surface area (Å²) in [5, 5.41) is 5.75. The predicted molar refractivity (Wildman–Crippen MR) is 76.6 cm³/mol. The van der Waals surface area contributed by atoms with Crippen LogP contribution in [0.5, 0.6) is 0 Å². The smallest absolute Gasteiger partial charge is 0.348 e. The Labute approximate surface area is 131 Å². The average molecular weight is 341 g/mol. The van der Waals surface area contributed by atoms with E-state index < -0.39 is 29.0 Å². The van der Waals surface area contributed by atoms with Crippen molar-refractivity contribution < 1.29 is 22.4 Å². The summed E-state index contributed by atoms with van der Waals surface area (Å²) in [5.74, 6) is -2.35. The van der Waals surface area contributed by atoms with Gasteiger partial charge >= 0.3 is 6.18 Å². The summed E-state index contributed by atoms with van der Waals surface area (Å²) in [6.07, 6.45) is -3.26. The molecule has 124 valence electrons. The maximum Gasteiger partial charge on any atom is 0.419 e. The summed E-state index contributed by atoms with van der Waals surface area (Å²) < 4.78 is 51.8. The number of carbonyl (C=O) groups is 1. The molecule has 0 saturated carbocycles. The minimum Gasteiger partial charge on any atom is -0.348 e. The van der Waals surface area contributed by atoms with Crippen molar-refractivity contribution in [3.8, 4) is 0 Å². The molecule has 2 unspecified atom stereocenters. The maximum absolute atomic E-state index is 13.9. The first-order valence-corrected chi connectivity index (χ1v) is 6.70. The molecule has 22 heavy (non-hydrogen) atoms. The zero-order chi connectivity index (χ0) is 15.6. The lowest BCUT2D eigenvalue weighted by atomic mass is 9.99. The highest BCUT2D eigenvalue weighted by atomic mass is 35.5. The van der Waals surface area contributed by atoms with Crippen LogP contribution in [0, 0.1) is 5.82 Å². The van der Waals surface area contributed by atoms with E-state index in [4.69, 9.17) is 0 Å². The van der Waals surface area contributed by atoms with Crippen molar-refractivity contribution in [2.75, 3.05) is 6.54 Å². The standard InChI is InChI=1S/C14H16F4N2O.ClH/c1-8-11(6-3-7-19-8)20-13(21)9-4-2-5-10(12(9)15)14(16,17)18;/h2,4-5,8,11,19H,3,6-7H2,1H3,(H,20,21);1H. The van der Waals surface area contributed by atoms with Crippen LogP contribution in [-0.2, 0) is 6.18 Å². The maximum atomic E-state index is 13.9. The van der Waals surface area contributed by atoms with E-state index in [1.807, 2.05) is 6.92 Å². The fourth-order valence-electron chi connectivity index (χ4n) is 2.41. The number of hydrogen-bond acceptors (Lipinski definition) is 2. The second-order valence-corrected chi connectivity index (χ2v) is 5.13. The molecule has 0 aromatic heterocycles. The van der Waals surface area contributed by atoms with E-state index in [1.165, 1.54) is 0 Å². The molecule has 0 radical (unpaired) electrons. The molecule has 1 fully saturated rings. The van der Waals surface area contributed by atoms with Gasteiger partial charge in [0.15, 0.2) is 0 Å². The van der Waals surface area contributed by atoms with E-state index in [0.717, 1.165) is 25.1 Å². The molecular formula is C14H17ClF4N2O. The van der Waals surface area contributed by atoms with E-state index in [2.05, 4.69) is 10.6 Å². The summed E-state index contributed by atoms with van der Waals surface area (Å²) in [4.78, 5) is 12.0. The quantitative estimate of drug-likeness (QED) is 0.812. The van der Waals surface area contributed by atoms with Crippen molar-refractivity contribution >= 4 is 18.3 Å². The largest absolute Gasteiger partial charge is 0.419 e. The summed E-state index contributed by atoms with van der Waals surface area (Å²) in [6, 6.07) is 2.48. The van der Waals surface area contributed by atoms with Gasteiger partial charge in [-0.3, -0.25) is 4.79 Å². The monoisotopic (exact) mass is 340 g/mol. The lowest BCUT2D eigenvalue weighted by molar-refractivity contribution is -0.140. The van der Waals surface area contributed by atoms with Crippen molar-refractivity contribution in [1.29, 1.82) is 0 Å². The highest BCUT2D eigenvalue weighted by molar-refractivity contribution is 5.95. The molecule has 1 aliphatic rings. The number of piperidine rings is 1. The molecule has 1 saturated heterocycles. The van der Waals surface area contributed by atoms with E-state index in [-0.39, 0.29) is 24.5 Å². The molecule has 0 spiro atoms. The number of hydrogen-bond donors (Lipinski definition) is 2. The van der Waals surface area contributed by atoms with Gasteiger partial charge in [0.1, 0.15) is 5.82 Å². The van der Waals surface area contributed by atoms with Crippen LogP contribution < -0.4 is 10.6 Å². The van der Waals surface area contributed by atoms with Crippen molar-refractivity contribution in [2.24, 2.45) is 0 Å². The Balaban J connectivity index is 0.00000242. The fourth-order valence-corrected chi connectivity index (χ4v) is 2.41. The van der Waals surface area contributed by atoms with Crippen LogP contribution in [0.3, 0.4) is 0 Å². The van der Waals surface area contributed by atoms with Crippen LogP contribution in [0.1, 0.15) is 35.7 Å². The minimum absolute atomic E-state index is 0. The normalized spacial score (nSPS) is 21.9. The lowest BCUT2D eigenvalue weighted by Crippen LogP contribution is -2.52. The zero-order valence-corrected chi connectivity index (χ0v) is 12.7. The summed E-state index contributed by atoms with van der Waals surface area (Å²) in [6.45, 7) is 2.69. The topological polar surface area (TPSA) is 41.1 Å². The van der Waals surface area contributed by atoms with Gasteiger partial charge in [-0.25, -0.2) is 4.39 Å². The van der Waals surface area contributed by atoms with Crippen LogP contribution >= 0.6 is 12.4 Å². The highest BCUT2D eigenvalue weighted by Crippen LogP contribution is 2.32. The Hall–Kier alpha value is -1.34. The minimum atomic E-state index is -4.82. The summed E-state index contributed by atoms with van der Waals surface area (Å²) in [7, 11) is 0. The SMILES string of the molecule is CC1NCCCC1NC(=O)c1cccc(C(F)(F)F)c1F.Cl. The molecule has 1 aliphatic heterocycles. The number of nitrogens with one attached hydrogen (secondary N) is 2. The van der Waals surface area contributed by atoms with Crippen LogP contribution in [0.15, 0.2) is 18.2 Å². The van der Waals surface area contributed by atoms with Gasteiger partial charge in [-0.2, -0.15) is 13.2 Å². The molecule has 1 aromatic rings. The predicted octanol–water partition coefficient (Wildman–Crippen LogP) is 3.14. The number of benzene rings is 1. The van der Waals surface area contributed by atoms with Gasteiger partial charge in [0, 0.05) is 12.1 Å². The van der Waals surface area contributed by atoms with Crippen molar-refractivity contribution in [2.45, 2.75) is 38.0 Å². The third kappa shape index (κ3) is 4.10. The summed E-state index contributed by atoms with van der Waals surface area (Å²) in [5.41, 5.74) is -2.01. The number of halogens is 5. The Morgan fingerprint density at radius 3 is 2.64 bits per heavy atom. The molecule has 3 nitrogen and oxygen atoms in total. The molecule has 1 amide bonds. The zero-order valence-electron chi connectivity index (χ0n) is 11.8. The number of amides is 1. The fraction of sp³-hybridized carbons (Fsp3) is 0.500. The van der Waals surface area contributed by atoms with Crippen molar-refractivity contribution in [1.82, 2.24) is 10.6 Å². The van der Waals surface area contributed by atoms with E-state index in [1.54, 1.807) is 0 Å². The Morgan fingerprint density at radius 2 is 2.05 bits per heavy atom. The van der Waals surface area contributed by atoms with Gasteiger partial charge in [-0.15, -0.1) is 12.4 Å². The van der Waals surface area contributed by atoms with Crippen LogP contribution in [0.25, 0.3) is 0 Å². The van der Waals surface area contributed by atoms with E-state index >= 15 is 0 Å². The Bertz CT molecular complexity index is 536. The van der Waals surface area contributed by atoms with Crippen molar-refractivity contribution in [3.05, 3.63) is 35.1 Å². The Morgan fingerprint density at radius 1 is 1.36 bits per heavy atom. The third-order valence-electron chi connectivity index (χ3n) is 3.63. The van der Waals surface area contributed by atoms with Gasteiger partial charge in [0.25, 0.3) is 5.91 Å². The molecule has 8 heteroatoms. The van der Waals surface area contributed by atoms with E-state index in [9.17, 15) is 22.4 Å². The van der Waals surface area contributed by atoms with Gasteiger partial charge in [-0.1, -0.05) is 6.07 Å². The Kier molecular flexibility index (Phi) is 6.19. The molecule has 0 aliphatic carbocycles. The van der Waals surface area contributed by atoms with Gasteiger partial charge in [0.05, 0.1) is 11.1 Å². The second-order valence-electron chi connectivity index (χ2n) is 5.13. The average Bonchev–Trinajstić information content (AvgIpc) is 2.40. The molecule has 2 rings (SSSR count). The van der Waals surface area contributed by atoms with Gasteiger partial charge in [-0.05, 0) is 38.4 Å². The molecule has 2 N–H and O–H groups in total. The molecule has 2 atom stereocenters. The first-order valence-electron chi connectivity index (χ1n) is 6.70. The van der Waals surface area contributed by atoms with Gasteiger partial charge < -0.3 is 10.6 Å². The first-order chi connectivity index (χ1) is 9.80. The molecule has 1 aromatic carbocycles. The van der Waals surface area contributed by atoms with Crippen LogP contribution in [0.4, 0.5) is 17.6 Å². The van der Waals surface area contributed by atoms with Gasteiger partial charge in [0.2, 0.25) is 0 Å². The van der Waals surface area contributed by atoms with Crippen LogP contribution in [-0.4, -0.2) is 24.5 Å². The number of rotatable bonds is 2. The lowest BCUT2D eigenvalue weighted by Gasteiger charge is -2.30. The van der Waals surface area contributed by atoms with E-state index in [0.29, 0.717) is 12.5 Å². The molecular weight excluding hydrogens is 324 g/mol. The highest BCUT2D eigenvalue weighted by Gasteiger charge is 2.36. The molecule has 0 bridgehead atoms. The third-order valence-corrected chi connectivity index (χ3v) is 3.63. The molecule has 1 heterocycles. The summed E-state index contributed by atoms with van der Waals surface area (Å²) >= 11 is 0. The first kappa shape index (κ1) is 18.7. The second kappa shape index (κ2) is 7.28. The van der Waals surface area contributed by atoms with Crippen LogP contribution in [0.2, 0.25) is 0 Å². The van der Waals surface area contributed by atoms with Crippen molar-refractivity contribution in [3.63, 3.8) is 0 Å². The number of carbonyl (C=O) groups excluding carboxylic acids is 1. The number of alkyl halides is 3.